The maximum atomic E-state index is 15.4. The molecule has 2 aromatic carbocycles. The molecule has 0 radical (unpaired) electrons. The summed E-state index contributed by atoms with van der Waals surface area (Å²) in [7, 11) is -1.37. The molecule has 1 unspecified atom stereocenters. The quantitative estimate of drug-likeness (QED) is 0.604. The lowest BCUT2D eigenvalue weighted by Crippen LogP contribution is -2.08. The highest BCUT2D eigenvalue weighted by atomic mass is 32.2. The van der Waals surface area contributed by atoms with Crippen LogP contribution in [-0.4, -0.2) is 26.5 Å². The number of halogens is 2. The highest BCUT2D eigenvalue weighted by Crippen LogP contribution is 2.36. The summed E-state index contributed by atoms with van der Waals surface area (Å²) in [6.07, 6.45) is 1.61. The first-order chi connectivity index (χ1) is 14.3. The van der Waals surface area contributed by atoms with Crippen LogP contribution in [0.2, 0.25) is 0 Å². The van der Waals surface area contributed by atoms with Gasteiger partial charge in [-0.2, -0.15) is 0 Å². The van der Waals surface area contributed by atoms with Crippen molar-refractivity contribution in [3.63, 3.8) is 0 Å². The topological polar surface area (TPSA) is 102 Å². The first-order valence-electron chi connectivity index (χ1n) is 9.30. The van der Waals surface area contributed by atoms with E-state index in [1.807, 2.05) is 0 Å². The van der Waals surface area contributed by atoms with E-state index in [0.717, 1.165) is 18.9 Å². The second kappa shape index (κ2) is 7.64. The first-order valence-corrected chi connectivity index (χ1v) is 11.1. The number of methoxy groups -OCH3 is 1. The van der Waals surface area contributed by atoms with Crippen LogP contribution >= 0.6 is 0 Å². The van der Waals surface area contributed by atoms with Crippen LogP contribution in [0, 0.1) is 16.4 Å². The van der Waals surface area contributed by atoms with Crippen LogP contribution in [0.5, 0.6) is 5.75 Å². The number of rotatable bonds is 6. The second-order valence-corrected chi connectivity index (χ2v) is 9.62. The molecule has 1 aromatic heterocycles. The summed E-state index contributed by atoms with van der Waals surface area (Å²) in [6, 6.07) is 10.4. The Hall–Kier alpha value is -3.07. The molecule has 1 atom stereocenters. The molecule has 1 fully saturated rings. The second-order valence-electron chi connectivity index (χ2n) is 7.21. The average molecular weight is 430 g/mol. The molecule has 9 heteroatoms. The lowest BCUT2D eigenvalue weighted by Gasteiger charge is -2.13. The Balaban J connectivity index is 1.79. The molecular weight excluding hydrogens is 410 g/mol. The SMILES string of the molecule is COc1cc(F)ccc1-c1nc(N)nc(-c2cccc(CS(=N)(=O)C3CC3)c2)c1F. The Kier molecular flexibility index (Phi) is 5.15. The van der Waals surface area contributed by atoms with Gasteiger partial charge in [0.2, 0.25) is 5.95 Å². The maximum Gasteiger partial charge on any atom is 0.221 e. The summed E-state index contributed by atoms with van der Waals surface area (Å²) in [5.74, 6) is -1.20. The Morgan fingerprint density at radius 1 is 1.17 bits per heavy atom. The fourth-order valence-corrected chi connectivity index (χ4v) is 5.13. The molecule has 1 aliphatic carbocycles. The number of nitrogens with two attached hydrogens (primary N) is 1. The van der Waals surface area contributed by atoms with Crippen molar-refractivity contribution >= 4 is 15.7 Å². The van der Waals surface area contributed by atoms with Gasteiger partial charge in [-0.15, -0.1) is 0 Å². The van der Waals surface area contributed by atoms with Gasteiger partial charge >= 0.3 is 0 Å². The van der Waals surface area contributed by atoms with Crippen molar-refractivity contribution < 1.29 is 17.7 Å². The molecular formula is C21H20F2N4O2S. The van der Waals surface area contributed by atoms with Crippen LogP contribution in [0.15, 0.2) is 42.5 Å². The smallest absolute Gasteiger partial charge is 0.221 e. The summed E-state index contributed by atoms with van der Waals surface area (Å²) >= 11 is 0. The van der Waals surface area contributed by atoms with Crippen molar-refractivity contribution in [1.82, 2.24) is 9.97 Å². The lowest BCUT2D eigenvalue weighted by atomic mass is 10.0. The van der Waals surface area contributed by atoms with Crippen molar-refractivity contribution in [2.75, 3.05) is 12.8 Å². The van der Waals surface area contributed by atoms with E-state index >= 15 is 4.39 Å². The molecule has 156 valence electrons. The van der Waals surface area contributed by atoms with Gasteiger partial charge in [-0.3, -0.25) is 4.78 Å². The van der Waals surface area contributed by atoms with Gasteiger partial charge in [-0.25, -0.2) is 23.0 Å². The number of ether oxygens (including phenoxy) is 1. The monoisotopic (exact) mass is 430 g/mol. The number of aromatic nitrogens is 2. The lowest BCUT2D eigenvalue weighted by molar-refractivity contribution is 0.412. The van der Waals surface area contributed by atoms with Gasteiger partial charge in [0.25, 0.3) is 0 Å². The third kappa shape index (κ3) is 3.97. The molecule has 1 heterocycles. The van der Waals surface area contributed by atoms with Gasteiger partial charge in [0.05, 0.1) is 22.6 Å². The molecule has 4 rings (SSSR count). The van der Waals surface area contributed by atoms with Crippen molar-refractivity contribution in [3.05, 3.63) is 59.7 Å². The van der Waals surface area contributed by atoms with E-state index in [9.17, 15) is 8.60 Å². The van der Waals surface area contributed by atoms with E-state index in [1.165, 1.54) is 19.2 Å². The predicted octanol–water partition coefficient (Wildman–Crippen LogP) is 4.39. The fraction of sp³-hybridized carbons (Fsp3) is 0.238. The molecule has 3 N–H and O–H groups in total. The molecule has 0 bridgehead atoms. The molecule has 6 nitrogen and oxygen atoms in total. The van der Waals surface area contributed by atoms with Crippen LogP contribution in [-0.2, 0) is 15.5 Å². The van der Waals surface area contributed by atoms with E-state index in [2.05, 4.69) is 9.97 Å². The molecule has 30 heavy (non-hydrogen) atoms. The van der Waals surface area contributed by atoms with Crippen molar-refractivity contribution in [2.24, 2.45) is 0 Å². The summed E-state index contributed by atoms with van der Waals surface area (Å²) in [6.45, 7) is 0. The first kappa shape index (κ1) is 20.2. The number of benzene rings is 2. The molecule has 0 amide bonds. The number of anilines is 1. The van der Waals surface area contributed by atoms with Gasteiger partial charge in [0.15, 0.2) is 5.82 Å². The summed E-state index contributed by atoms with van der Waals surface area (Å²) in [5.41, 5.74) is 7.02. The number of nitrogen functional groups attached to an aromatic ring is 1. The molecule has 0 saturated heterocycles. The van der Waals surface area contributed by atoms with E-state index < -0.39 is 21.4 Å². The van der Waals surface area contributed by atoms with Crippen LogP contribution in [0.25, 0.3) is 22.5 Å². The third-order valence-corrected chi connectivity index (χ3v) is 7.24. The highest BCUT2D eigenvalue weighted by Gasteiger charge is 2.32. The third-order valence-electron chi connectivity index (χ3n) is 4.93. The molecule has 1 saturated carbocycles. The molecule has 1 aliphatic rings. The Morgan fingerprint density at radius 2 is 1.90 bits per heavy atom. The average Bonchev–Trinajstić information content (AvgIpc) is 3.55. The number of hydrogen-bond donors (Lipinski definition) is 2. The maximum absolute atomic E-state index is 15.4. The van der Waals surface area contributed by atoms with Crippen LogP contribution in [0.4, 0.5) is 14.7 Å². The normalized spacial score (nSPS) is 15.6. The number of nitrogens with one attached hydrogen (secondary N) is 1. The summed E-state index contributed by atoms with van der Waals surface area (Å²) in [5, 5.41) is -0.0647. The van der Waals surface area contributed by atoms with E-state index in [-0.39, 0.29) is 39.7 Å². The Morgan fingerprint density at radius 3 is 2.60 bits per heavy atom. The fourth-order valence-electron chi connectivity index (χ4n) is 3.32. The zero-order chi connectivity index (χ0) is 21.5. The van der Waals surface area contributed by atoms with Crippen LogP contribution < -0.4 is 10.5 Å². The van der Waals surface area contributed by atoms with Gasteiger partial charge in [-0.1, -0.05) is 18.2 Å². The van der Waals surface area contributed by atoms with Crippen molar-refractivity contribution in [3.8, 4) is 28.3 Å². The van der Waals surface area contributed by atoms with Crippen molar-refractivity contribution in [1.29, 1.82) is 4.78 Å². The summed E-state index contributed by atoms with van der Waals surface area (Å²) in [4.78, 5) is 8.04. The summed E-state index contributed by atoms with van der Waals surface area (Å²) < 4.78 is 54.8. The van der Waals surface area contributed by atoms with E-state index in [0.29, 0.717) is 11.1 Å². The number of hydrogen-bond acceptors (Lipinski definition) is 6. The molecule has 0 aliphatic heterocycles. The minimum Gasteiger partial charge on any atom is -0.496 e. The highest BCUT2D eigenvalue weighted by molar-refractivity contribution is 7.92. The van der Waals surface area contributed by atoms with Gasteiger partial charge in [-0.05, 0) is 36.6 Å². The van der Waals surface area contributed by atoms with Gasteiger partial charge in [0.1, 0.15) is 23.0 Å². The Bertz CT molecular complexity index is 1230. The van der Waals surface area contributed by atoms with Gasteiger partial charge < -0.3 is 10.5 Å². The van der Waals surface area contributed by atoms with Gasteiger partial charge in [0, 0.05) is 22.4 Å². The predicted molar refractivity (Wildman–Crippen MR) is 111 cm³/mol. The zero-order valence-electron chi connectivity index (χ0n) is 16.2. The van der Waals surface area contributed by atoms with Crippen LogP contribution in [0.3, 0.4) is 0 Å². The van der Waals surface area contributed by atoms with Crippen molar-refractivity contribution in [2.45, 2.75) is 23.8 Å². The Labute approximate surface area is 173 Å². The number of nitrogens with zero attached hydrogens (tertiary/aromatic N) is 2. The standard InChI is InChI=1S/C21H20F2N4O2S/c1-29-17-10-14(22)5-8-16(17)20-18(23)19(26-21(24)27-20)13-4-2-3-12(9-13)11-30(25,28)15-6-7-15/h2-5,8-10,15,25H,6-7,11H2,1H3,(H2,24,26,27). The molecule has 3 aromatic rings. The van der Waals surface area contributed by atoms with Crippen LogP contribution in [0.1, 0.15) is 18.4 Å². The zero-order valence-corrected chi connectivity index (χ0v) is 17.0. The largest absolute Gasteiger partial charge is 0.496 e. The van der Waals surface area contributed by atoms with E-state index in [4.69, 9.17) is 15.3 Å². The molecule has 0 spiro atoms. The van der Waals surface area contributed by atoms with E-state index in [1.54, 1.807) is 24.3 Å². The minimum absolute atomic E-state index is 0.0337. The minimum atomic E-state index is -2.72.